The fourth-order valence-electron chi connectivity index (χ4n) is 1.29. The molecule has 1 aromatic carbocycles. The molecule has 1 unspecified atom stereocenters. The topological polar surface area (TPSA) is 58.3 Å². The van der Waals surface area contributed by atoms with Crippen molar-refractivity contribution < 1.29 is 5.11 Å². The minimum Gasteiger partial charge on any atom is -0.508 e. The van der Waals surface area contributed by atoms with E-state index in [1.54, 1.807) is 12.1 Å². The quantitative estimate of drug-likeness (QED) is 0.648. The van der Waals surface area contributed by atoms with Crippen LogP contribution in [0.1, 0.15) is 18.5 Å². The average molecular weight is 180 g/mol. The fourth-order valence-corrected chi connectivity index (χ4v) is 1.29. The molecule has 0 heterocycles. The zero-order valence-corrected chi connectivity index (χ0v) is 7.83. The lowest BCUT2D eigenvalue weighted by Crippen LogP contribution is -2.27. The summed E-state index contributed by atoms with van der Waals surface area (Å²) in [7, 11) is 0. The van der Waals surface area contributed by atoms with Crippen LogP contribution in [-0.4, -0.2) is 18.2 Å². The molecular formula is C10H16N2O. The average Bonchev–Trinajstić information content (AvgIpc) is 2.16. The van der Waals surface area contributed by atoms with Gasteiger partial charge in [-0.15, -0.1) is 0 Å². The number of likely N-dealkylation sites (N-methyl/N-ethyl adjacent to an activating group) is 1. The third-order valence-corrected chi connectivity index (χ3v) is 1.98. The van der Waals surface area contributed by atoms with E-state index in [-0.39, 0.29) is 11.8 Å². The van der Waals surface area contributed by atoms with Gasteiger partial charge in [0.15, 0.2) is 0 Å². The molecule has 0 saturated carbocycles. The van der Waals surface area contributed by atoms with E-state index >= 15 is 0 Å². The molecule has 0 radical (unpaired) electrons. The van der Waals surface area contributed by atoms with Crippen LogP contribution in [0.4, 0.5) is 0 Å². The Morgan fingerprint density at radius 1 is 1.38 bits per heavy atom. The van der Waals surface area contributed by atoms with Crippen molar-refractivity contribution in [1.29, 1.82) is 0 Å². The molecule has 13 heavy (non-hydrogen) atoms. The van der Waals surface area contributed by atoms with E-state index < -0.39 is 0 Å². The van der Waals surface area contributed by atoms with E-state index in [2.05, 4.69) is 5.32 Å². The van der Waals surface area contributed by atoms with E-state index in [1.807, 2.05) is 19.1 Å². The first-order valence-corrected chi connectivity index (χ1v) is 4.50. The van der Waals surface area contributed by atoms with Crippen LogP contribution in [0.5, 0.6) is 5.75 Å². The second-order valence-corrected chi connectivity index (χ2v) is 2.94. The highest BCUT2D eigenvalue weighted by Gasteiger charge is 2.06. The maximum absolute atomic E-state index is 9.09. The van der Waals surface area contributed by atoms with Crippen molar-refractivity contribution in [1.82, 2.24) is 5.32 Å². The molecule has 1 atom stereocenters. The van der Waals surface area contributed by atoms with Gasteiger partial charge in [0.1, 0.15) is 5.75 Å². The van der Waals surface area contributed by atoms with Crippen molar-refractivity contribution in [2.24, 2.45) is 5.73 Å². The third-order valence-electron chi connectivity index (χ3n) is 1.98. The number of phenolic OH excluding ortho intramolecular Hbond substituents is 1. The van der Waals surface area contributed by atoms with Crippen LogP contribution in [0, 0.1) is 0 Å². The summed E-state index contributed by atoms with van der Waals surface area (Å²) in [6.07, 6.45) is 0. The first kappa shape index (κ1) is 10.0. The van der Waals surface area contributed by atoms with Gasteiger partial charge in [0.2, 0.25) is 0 Å². The predicted molar refractivity (Wildman–Crippen MR) is 53.6 cm³/mol. The second-order valence-electron chi connectivity index (χ2n) is 2.94. The smallest absolute Gasteiger partial charge is 0.115 e. The number of phenols is 1. The molecule has 4 N–H and O–H groups in total. The van der Waals surface area contributed by atoms with Crippen molar-refractivity contribution >= 4 is 0 Å². The molecule has 1 rings (SSSR count). The van der Waals surface area contributed by atoms with Gasteiger partial charge in [-0.1, -0.05) is 19.1 Å². The number of benzene rings is 1. The Hall–Kier alpha value is -1.06. The van der Waals surface area contributed by atoms with E-state index in [0.717, 1.165) is 12.1 Å². The summed E-state index contributed by atoms with van der Waals surface area (Å²) >= 11 is 0. The van der Waals surface area contributed by atoms with Gasteiger partial charge in [0, 0.05) is 12.6 Å². The molecule has 0 spiro atoms. The van der Waals surface area contributed by atoms with Gasteiger partial charge >= 0.3 is 0 Å². The lowest BCUT2D eigenvalue weighted by Gasteiger charge is -2.15. The van der Waals surface area contributed by atoms with Crippen molar-refractivity contribution in [3.63, 3.8) is 0 Å². The number of aromatic hydroxyl groups is 1. The summed E-state index contributed by atoms with van der Waals surface area (Å²) in [5, 5.41) is 12.4. The van der Waals surface area contributed by atoms with Crippen LogP contribution in [0.3, 0.4) is 0 Å². The maximum Gasteiger partial charge on any atom is 0.115 e. The maximum atomic E-state index is 9.09. The van der Waals surface area contributed by atoms with Crippen LogP contribution in [0.25, 0.3) is 0 Å². The molecule has 1 aromatic rings. The normalized spacial score (nSPS) is 12.8. The van der Waals surface area contributed by atoms with Gasteiger partial charge in [-0.3, -0.25) is 0 Å². The van der Waals surface area contributed by atoms with Crippen LogP contribution < -0.4 is 11.1 Å². The Morgan fingerprint density at radius 2 is 2.00 bits per heavy atom. The zero-order chi connectivity index (χ0) is 9.68. The fraction of sp³-hybridized carbons (Fsp3) is 0.400. The van der Waals surface area contributed by atoms with Gasteiger partial charge in [-0.25, -0.2) is 0 Å². The highest BCUT2D eigenvalue weighted by Crippen LogP contribution is 2.15. The predicted octanol–water partition coefficient (Wildman–Crippen LogP) is 1.00. The minimum atomic E-state index is 0.186. The monoisotopic (exact) mass is 180 g/mol. The first-order valence-electron chi connectivity index (χ1n) is 4.50. The Kier molecular flexibility index (Phi) is 3.73. The summed E-state index contributed by atoms with van der Waals surface area (Å²) in [5.74, 6) is 0.288. The molecule has 0 bridgehead atoms. The van der Waals surface area contributed by atoms with Crippen molar-refractivity contribution in [3.05, 3.63) is 29.8 Å². The number of nitrogens with two attached hydrogens (primary N) is 1. The largest absolute Gasteiger partial charge is 0.508 e. The van der Waals surface area contributed by atoms with E-state index in [1.165, 1.54) is 0 Å². The highest BCUT2D eigenvalue weighted by molar-refractivity contribution is 5.28. The molecule has 0 aliphatic rings. The van der Waals surface area contributed by atoms with Gasteiger partial charge in [-0.05, 0) is 24.2 Å². The van der Waals surface area contributed by atoms with E-state index in [0.29, 0.717) is 6.54 Å². The number of hydrogen-bond donors (Lipinski definition) is 3. The molecule has 0 aromatic heterocycles. The van der Waals surface area contributed by atoms with Gasteiger partial charge in [0.05, 0.1) is 0 Å². The lowest BCUT2D eigenvalue weighted by molar-refractivity contribution is 0.474. The lowest BCUT2D eigenvalue weighted by atomic mass is 10.1. The molecular weight excluding hydrogens is 164 g/mol. The summed E-state index contributed by atoms with van der Waals surface area (Å²) in [6, 6.07) is 7.31. The number of hydrogen-bond acceptors (Lipinski definition) is 3. The number of rotatable bonds is 4. The van der Waals surface area contributed by atoms with Crippen LogP contribution in [0.15, 0.2) is 24.3 Å². The molecule has 0 amide bonds. The number of nitrogens with one attached hydrogen (secondary N) is 1. The SMILES string of the molecule is CCNC(CN)c1ccc(O)cc1. The molecule has 0 saturated heterocycles. The minimum absolute atomic E-state index is 0.186. The molecule has 0 fully saturated rings. The summed E-state index contributed by atoms with van der Waals surface area (Å²) in [4.78, 5) is 0. The van der Waals surface area contributed by atoms with Crippen LogP contribution >= 0.6 is 0 Å². The van der Waals surface area contributed by atoms with Gasteiger partial charge in [0.25, 0.3) is 0 Å². The van der Waals surface area contributed by atoms with E-state index in [9.17, 15) is 0 Å². The molecule has 72 valence electrons. The van der Waals surface area contributed by atoms with Crippen molar-refractivity contribution in [2.45, 2.75) is 13.0 Å². The Labute approximate surface area is 78.6 Å². The van der Waals surface area contributed by atoms with Gasteiger partial charge < -0.3 is 16.2 Å². The highest BCUT2D eigenvalue weighted by atomic mass is 16.3. The summed E-state index contributed by atoms with van der Waals surface area (Å²) < 4.78 is 0. The standard InChI is InChI=1S/C10H16N2O/c1-2-12-10(7-11)8-3-5-9(13)6-4-8/h3-6,10,12-13H,2,7,11H2,1H3. The van der Waals surface area contributed by atoms with Crippen molar-refractivity contribution in [3.8, 4) is 5.75 Å². The Morgan fingerprint density at radius 3 is 2.46 bits per heavy atom. The van der Waals surface area contributed by atoms with Crippen molar-refractivity contribution in [2.75, 3.05) is 13.1 Å². The summed E-state index contributed by atoms with van der Waals surface area (Å²) in [6.45, 7) is 3.50. The zero-order valence-electron chi connectivity index (χ0n) is 7.83. The Bertz CT molecular complexity index is 246. The first-order chi connectivity index (χ1) is 6.27. The second kappa shape index (κ2) is 4.84. The molecule has 3 nitrogen and oxygen atoms in total. The Balaban J connectivity index is 2.73. The van der Waals surface area contributed by atoms with Crippen LogP contribution in [-0.2, 0) is 0 Å². The molecule has 0 aliphatic carbocycles. The molecule has 3 heteroatoms. The summed E-state index contributed by atoms with van der Waals surface area (Å²) in [5.41, 5.74) is 6.72. The van der Waals surface area contributed by atoms with Gasteiger partial charge in [-0.2, -0.15) is 0 Å². The van der Waals surface area contributed by atoms with E-state index in [4.69, 9.17) is 10.8 Å². The molecule has 0 aliphatic heterocycles. The third kappa shape index (κ3) is 2.72. The van der Waals surface area contributed by atoms with Crippen LogP contribution in [0.2, 0.25) is 0 Å².